The highest BCUT2D eigenvalue weighted by molar-refractivity contribution is 6.03. The van der Waals surface area contributed by atoms with Gasteiger partial charge in [-0.05, 0) is 79.8 Å². The van der Waals surface area contributed by atoms with Crippen LogP contribution < -0.4 is 4.74 Å². The highest BCUT2D eigenvalue weighted by Gasteiger charge is 2.49. The van der Waals surface area contributed by atoms with Gasteiger partial charge in [-0.25, -0.2) is 13.8 Å². The minimum atomic E-state index is -1.31. The lowest BCUT2D eigenvalue weighted by Crippen LogP contribution is -2.51. The Kier molecular flexibility index (Phi) is 5.80. The fourth-order valence-corrected chi connectivity index (χ4v) is 4.79. The maximum Gasteiger partial charge on any atom is 0.260 e. The van der Waals surface area contributed by atoms with Crippen molar-refractivity contribution < 1.29 is 23.5 Å². The van der Waals surface area contributed by atoms with Gasteiger partial charge in [0.25, 0.3) is 5.72 Å². The number of aliphatic hydroxyl groups is 1. The molecule has 0 aliphatic carbocycles. The molecule has 1 saturated heterocycles. The number of oxime groups is 1. The van der Waals surface area contributed by atoms with E-state index in [2.05, 4.69) is 10.1 Å². The van der Waals surface area contributed by atoms with E-state index in [1.165, 1.54) is 25.3 Å². The molecule has 3 heterocycles. The topological polar surface area (TPSA) is 72.1 Å². The number of hydrogen-bond donors (Lipinski definition) is 1. The summed E-state index contributed by atoms with van der Waals surface area (Å²) < 4.78 is 36.5. The van der Waals surface area contributed by atoms with Crippen LogP contribution in [0.5, 0.6) is 5.75 Å². The van der Waals surface area contributed by atoms with Crippen LogP contribution in [0.2, 0.25) is 0 Å². The molecule has 1 N–H and O–H groups in total. The van der Waals surface area contributed by atoms with Crippen molar-refractivity contribution in [1.29, 1.82) is 0 Å². The number of benzene rings is 2. The van der Waals surface area contributed by atoms with Crippen molar-refractivity contribution in [2.24, 2.45) is 5.16 Å². The monoisotopic (exact) mass is 480 g/mol. The molecule has 0 amide bonds. The molecule has 5 rings (SSSR count). The third-order valence-corrected chi connectivity index (χ3v) is 6.38. The van der Waals surface area contributed by atoms with Crippen LogP contribution in [0.1, 0.15) is 35.2 Å². The second-order valence-electron chi connectivity index (χ2n) is 8.87. The molecular weight excluding hydrogens is 454 g/mol. The lowest BCUT2D eigenvalue weighted by molar-refractivity contribution is -0.137. The van der Waals surface area contributed by atoms with Crippen LogP contribution in [0.3, 0.4) is 0 Å². The number of imidazole rings is 1. The Morgan fingerprint density at radius 1 is 1.20 bits per heavy atom. The predicted molar refractivity (Wildman–Crippen MR) is 127 cm³/mol. The zero-order valence-corrected chi connectivity index (χ0v) is 19.8. The number of amidine groups is 1. The summed E-state index contributed by atoms with van der Waals surface area (Å²) >= 11 is 0. The fourth-order valence-electron chi connectivity index (χ4n) is 4.79. The number of aromatic nitrogens is 2. The van der Waals surface area contributed by atoms with Crippen molar-refractivity contribution in [3.05, 3.63) is 82.4 Å². The Labute approximate surface area is 201 Å². The summed E-state index contributed by atoms with van der Waals surface area (Å²) in [7, 11) is 1.49. The highest BCUT2D eigenvalue weighted by Crippen LogP contribution is 2.41. The van der Waals surface area contributed by atoms with Gasteiger partial charge in [0.1, 0.15) is 23.9 Å². The number of ether oxygens (including phenoxy) is 1. The molecule has 2 aliphatic heterocycles. The number of fused-ring (bicyclic) bond motifs is 1. The molecule has 0 radical (unpaired) electrons. The van der Waals surface area contributed by atoms with Gasteiger partial charge in [0.05, 0.1) is 19.1 Å². The van der Waals surface area contributed by atoms with Crippen LogP contribution in [0.4, 0.5) is 8.78 Å². The lowest BCUT2D eigenvalue weighted by atomic mass is 9.94. The van der Waals surface area contributed by atoms with E-state index in [0.29, 0.717) is 41.2 Å². The van der Waals surface area contributed by atoms with Gasteiger partial charge < -0.3 is 24.1 Å². The number of aryl methyl sites for hydroxylation is 2. The summed E-state index contributed by atoms with van der Waals surface area (Å²) in [6.07, 6.45) is 6.56. The van der Waals surface area contributed by atoms with Crippen LogP contribution in [-0.4, -0.2) is 45.7 Å². The molecular formula is C26H26F2N4O3. The molecule has 2 aromatic carbocycles. The summed E-state index contributed by atoms with van der Waals surface area (Å²) in [5.41, 5.74) is 2.37. The summed E-state index contributed by atoms with van der Waals surface area (Å²) in [5.74, 6) is 0.0478. The van der Waals surface area contributed by atoms with Gasteiger partial charge in [-0.15, -0.1) is 0 Å². The number of piperidine rings is 1. The van der Waals surface area contributed by atoms with Crippen LogP contribution in [0.15, 0.2) is 53.6 Å². The minimum Gasteiger partial charge on any atom is -0.494 e. The van der Waals surface area contributed by atoms with E-state index in [1.54, 1.807) is 36.1 Å². The Bertz CT molecular complexity index is 1330. The molecule has 0 spiro atoms. The summed E-state index contributed by atoms with van der Waals surface area (Å²) in [5, 5.41) is 14.6. The predicted octanol–water partition coefficient (Wildman–Crippen LogP) is 4.44. The van der Waals surface area contributed by atoms with E-state index < -0.39 is 24.0 Å². The number of halogens is 2. The van der Waals surface area contributed by atoms with Gasteiger partial charge in [0, 0.05) is 18.3 Å². The highest BCUT2D eigenvalue weighted by atomic mass is 19.1. The Morgan fingerprint density at radius 3 is 2.71 bits per heavy atom. The molecule has 182 valence electrons. The first-order chi connectivity index (χ1) is 16.8. The van der Waals surface area contributed by atoms with E-state index in [9.17, 15) is 9.50 Å². The van der Waals surface area contributed by atoms with E-state index in [-0.39, 0.29) is 5.69 Å². The molecule has 0 saturated carbocycles. The third-order valence-electron chi connectivity index (χ3n) is 6.38. The van der Waals surface area contributed by atoms with Crippen molar-refractivity contribution in [3.63, 3.8) is 0 Å². The first-order valence-electron chi connectivity index (χ1n) is 11.4. The minimum absolute atomic E-state index is 0.280. The van der Waals surface area contributed by atoms with E-state index in [4.69, 9.17) is 9.57 Å². The van der Waals surface area contributed by atoms with Crippen LogP contribution in [-0.2, 0) is 10.6 Å². The number of rotatable bonds is 5. The Balaban J connectivity index is 1.52. The number of aliphatic hydroxyl groups excluding tert-OH is 1. The van der Waals surface area contributed by atoms with Crippen LogP contribution >= 0.6 is 0 Å². The SMILES string of the molecule is COc1cc(C=C2CCCN3C2=NOC3(CO)c2cc(C)cc(F)c2)cc(F)c1-n1cnc(C)c1. The van der Waals surface area contributed by atoms with Crippen LogP contribution in [0, 0.1) is 25.5 Å². The smallest absolute Gasteiger partial charge is 0.260 e. The van der Waals surface area contributed by atoms with Crippen molar-refractivity contribution in [3.8, 4) is 11.4 Å². The fraction of sp³-hybridized carbons (Fsp3) is 0.308. The molecule has 0 bridgehead atoms. The standard InChI is InChI=1S/C26H26F2N4O3/c1-16-7-20(12-21(27)8-16)26(14-33)32-6-4-5-19(25(32)30-35-26)9-18-10-22(28)24(23(11-18)34-3)31-13-17(2)29-15-31/h7-13,15,33H,4-6,14H2,1-3H3. The average Bonchev–Trinajstić information content (AvgIpc) is 3.42. The maximum atomic E-state index is 15.2. The molecule has 1 fully saturated rings. The van der Waals surface area contributed by atoms with E-state index in [0.717, 1.165) is 17.7 Å². The Hall–Kier alpha value is -3.72. The first kappa shape index (κ1) is 23.0. The van der Waals surface area contributed by atoms with Gasteiger partial charge >= 0.3 is 0 Å². The van der Waals surface area contributed by atoms with E-state index >= 15 is 4.39 Å². The summed E-state index contributed by atoms with van der Waals surface area (Å²) in [4.78, 5) is 11.8. The van der Waals surface area contributed by atoms with Gasteiger partial charge in [0.2, 0.25) is 0 Å². The molecule has 1 atom stereocenters. The maximum absolute atomic E-state index is 15.2. The average molecular weight is 481 g/mol. The molecule has 1 unspecified atom stereocenters. The summed E-state index contributed by atoms with van der Waals surface area (Å²) in [6, 6.07) is 7.75. The zero-order chi connectivity index (χ0) is 24.7. The molecule has 35 heavy (non-hydrogen) atoms. The Morgan fingerprint density at radius 2 is 2.03 bits per heavy atom. The lowest BCUT2D eigenvalue weighted by Gasteiger charge is -2.39. The van der Waals surface area contributed by atoms with Crippen molar-refractivity contribution in [1.82, 2.24) is 14.5 Å². The first-order valence-corrected chi connectivity index (χ1v) is 11.4. The number of methoxy groups -OCH3 is 1. The molecule has 2 aliphatic rings. The van der Waals surface area contributed by atoms with Gasteiger partial charge in [0.15, 0.2) is 11.7 Å². The largest absolute Gasteiger partial charge is 0.494 e. The van der Waals surface area contributed by atoms with Crippen molar-refractivity contribution >= 4 is 11.9 Å². The third kappa shape index (κ3) is 3.95. The van der Waals surface area contributed by atoms with Gasteiger partial charge in [-0.1, -0.05) is 5.16 Å². The second-order valence-corrected chi connectivity index (χ2v) is 8.87. The number of hydrogen-bond acceptors (Lipinski definition) is 6. The number of nitrogens with zero attached hydrogens (tertiary/aromatic N) is 4. The zero-order valence-electron chi connectivity index (χ0n) is 19.8. The molecule has 3 aromatic rings. The quantitative estimate of drug-likeness (QED) is 0.585. The second kappa shape index (κ2) is 8.81. The van der Waals surface area contributed by atoms with E-state index in [1.807, 2.05) is 17.9 Å². The van der Waals surface area contributed by atoms with Crippen molar-refractivity contribution in [2.45, 2.75) is 32.4 Å². The normalized spacial score (nSPS) is 20.6. The summed E-state index contributed by atoms with van der Waals surface area (Å²) in [6.45, 7) is 3.78. The molecule has 7 nitrogen and oxygen atoms in total. The van der Waals surface area contributed by atoms with Crippen molar-refractivity contribution in [2.75, 3.05) is 20.3 Å². The molecule has 1 aromatic heterocycles. The van der Waals surface area contributed by atoms with Crippen LogP contribution in [0.25, 0.3) is 11.8 Å². The van der Waals surface area contributed by atoms with Gasteiger partial charge in [-0.3, -0.25) is 0 Å². The molecule has 9 heteroatoms. The van der Waals surface area contributed by atoms with Gasteiger partial charge in [-0.2, -0.15) is 0 Å².